The first-order valence-electron chi connectivity index (χ1n) is 10.6. The van der Waals surface area contributed by atoms with Crippen molar-refractivity contribution in [2.45, 2.75) is 0 Å². The van der Waals surface area contributed by atoms with Crippen molar-refractivity contribution in [1.82, 2.24) is 0 Å². The topological polar surface area (TPSA) is 74.9 Å². The molecule has 0 saturated carbocycles. The highest BCUT2D eigenvalue weighted by Crippen LogP contribution is 2.29. The fourth-order valence-electron chi connectivity index (χ4n) is 3.72. The summed E-state index contributed by atoms with van der Waals surface area (Å²) in [4.78, 5) is 15.3. The average Bonchev–Trinajstić information content (AvgIpc) is 2.80. The van der Waals surface area contributed by atoms with Crippen LogP contribution < -0.4 is 34.1 Å². The number of amides is 1. The molecule has 1 saturated heterocycles. The van der Waals surface area contributed by atoms with E-state index in [4.69, 9.17) is 18.9 Å². The summed E-state index contributed by atoms with van der Waals surface area (Å²) in [5.74, 6) is 2.93. The Morgan fingerprint density at radius 3 is 2.13 bits per heavy atom. The van der Waals surface area contributed by atoms with Gasteiger partial charge < -0.3 is 34.1 Å². The molecule has 3 N–H and O–H groups in total. The number of quaternary nitrogens is 2. The molecule has 168 valence electrons. The van der Waals surface area contributed by atoms with Crippen LogP contribution in [0.1, 0.15) is 0 Å². The van der Waals surface area contributed by atoms with Crippen molar-refractivity contribution >= 4 is 11.6 Å². The van der Waals surface area contributed by atoms with Gasteiger partial charge in [0.2, 0.25) is 0 Å². The number of carbonyl (C=O) groups excluding carboxylic acids is 1. The van der Waals surface area contributed by atoms with Crippen LogP contribution in [0.5, 0.6) is 23.0 Å². The lowest BCUT2D eigenvalue weighted by Gasteiger charge is -2.29. The lowest BCUT2D eigenvalue weighted by Crippen LogP contribution is -3.28. The first-order valence-corrected chi connectivity index (χ1v) is 10.6. The molecule has 8 heteroatoms. The van der Waals surface area contributed by atoms with Gasteiger partial charge in [-0.05, 0) is 36.4 Å². The summed E-state index contributed by atoms with van der Waals surface area (Å²) < 4.78 is 21.5. The number of ether oxygens (including phenoxy) is 4. The number of piperazine rings is 1. The predicted molar refractivity (Wildman–Crippen MR) is 118 cm³/mol. The molecule has 0 unspecified atom stereocenters. The fraction of sp³-hybridized carbons (Fsp3) is 0.435. The molecular formula is C23H33N3O5+2. The molecule has 1 heterocycles. The van der Waals surface area contributed by atoms with E-state index in [0.29, 0.717) is 30.3 Å². The summed E-state index contributed by atoms with van der Waals surface area (Å²) in [5.41, 5.74) is 0.710. The van der Waals surface area contributed by atoms with E-state index in [1.807, 2.05) is 30.3 Å². The average molecular weight is 432 g/mol. The highest BCUT2D eigenvalue weighted by Gasteiger charge is 2.24. The molecule has 0 bridgehead atoms. The van der Waals surface area contributed by atoms with Gasteiger partial charge >= 0.3 is 0 Å². The Morgan fingerprint density at radius 1 is 0.839 bits per heavy atom. The predicted octanol–water partition coefficient (Wildman–Crippen LogP) is -0.487. The number of carbonyl (C=O) groups is 1. The third-order valence-corrected chi connectivity index (χ3v) is 5.53. The standard InChI is InChI=1S/C23H31N3O5/c1-28-19-5-7-20(8-6-19)31-15-14-25-10-12-26(13-11-25)17-23(27)24-18-4-9-21(29-2)22(16-18)30-3/h4-9,16H,10-15,17H2,1-3H3,(H,24,27)/p+2. The summed E-state index contributed by atoms with van der Waals surface area (Å²) in [5, 5.41) is 2.96. The van der Waals surface area contributed by atoms with E-state index in [1.54, 1.807) is 33.5 Å². The first-order chi connectivity index (χ1) is 15.1. The minimum absolute atomic E-state index is 0.00788. The van der Waals surface area contributed by atoms with Gasteiger partial charge in [-0.25, -0.2) is 0 Å². The van der Waals surface area contributed by atoms with E-state index >= 15 is 0 Å². The van der Waals surface area contributed by atoms with Crippen molar-refractivity contribution in [3.8, 4) is 23.0 Å². The highest BCUT2D eigenvalue weighted by molar-refractivity contribution is 5.91. The van der Waals surface area contributed by atoms with Gasteiger partial charge in [-0.1, -0.05) is 0 Å². The number of anilines is 1. The Bertz CT molecular complexity index is 836. The third-order valence-electron chi connectivity index (χ3n) is 5.53. The maximum Gasteiger partial charge on any atom is 0.279 e. The summed E-state index contributed by atoms with van der Waals surface area (Å²) in [6, 6.07) is 13.0. The van der Waals surface area contributed by atoms with Gasteiger partial charge in [0.15, 0.2) is 18.0 Å². The van der Waals surface area contributed by atoms with Crippen LogP contribution in [0.2, 0.25) is 0 Å². The van der Waals surface area contributed by atoms with Gasteiger partial charge in [-0.2, -0.15) is 0 Å². The van der Waals surface area contributed by atoms with Crippen molar-refractivity contribution < 1.29 is 33.5 Å². The van der Waals surface area contributed by atoms with E-state index in [0.717, 1.165) is 44.2 Å². The molecule has 0 atom stereocenters. The Kier molecular flexibility index (Phi) is 8.37. The van der Waals surface area contributed by atoms with Crippen LogP contribution >= 0.6 is 0 Å². The molecule has 2 aromatic carbocycles. The summed E-state index contributed by atoms with van der Waals surface area (Å²) in [7, 11) is 4.82. The molecule has 3 rings (SSSR count). The minimum atomic E-state index is 0.00788. The number of rotatable bonds is 10. The molecule has 1 aliphatic rings. The molecule has 2 aromatic rings. The Labute approximate surface area is 183 Å². The lowest BCUT2D eigenvalue weighted by atomic mass is 10.2. The largest absolute Gasteiger partial charge is 0.497 e. The quantitative estimate of drug-likeness (QED) is 0.474. The van der Waals surface area contributed by atoms with E-state index in [1.165, 1.54) is 9.80 Å². The molecule has 0 aromatic heterocycles. The second-order valence-electron chi connectivity index (χ2n) is 7.57. The van der Waals surface area contributed by atoms with Crippen molar-refractivity contribution in [1.29, 1.82) is 0 Å². The van der Waals surface area contributed by atoms with Gasteiger partial charge in [-0.15, -0.1) is 0 Å². The van der Waals surface area contributed by atoms with Crippen LogP contribution in [0, 0.1) is 0 Å². The van der Waals surface area contributed by atoms with Crippen molar-refractivity contribution in [2.24, 2.45) is 0 Å². The normalized spacial score (nSPS) is 18.2. The molecular weight excluding hydrogens is 398 g/mol. The molecule has 1 aliphatic heterocycles. The molecule has 0 aliphatic carbocycles. The highest BCUT2D eigenvalue weighted by atomic mass is 16.5. The number of methoxy groups -OCH3 is 3. The SMILES string of the molecule is COc1ccc(OCC[NH+]2CC[NH+](CC(=O)Nc3ccc(OC)c(OC)c3)CC2)cc1. The Morgan fingerprint density at radius 2 is 1.48 bits per heavy atom. The maximum atomic E-state index is 12.5. The Hall–Kier alpha value is -2.97. The second kappa shape index (κ2) is 11.4. The van der Waals surface area contributed by atoms with E-state index < -0.39 is 0 Å². The lowest BCUT2D eigenvalue weighted by molar-refractivity contribution is -1.01. The van der Waals surface area contributed by atoms with Crippen LogP contribution in [0.3, 0.4) is 0 Å². The third kappa shape index (κ3) is 6.77. The first kappa shape index (κ1) is 22.7. The van der Waals surface area contributed by atoms with E-state index in [9.17, 15) is 4.79 Å². The smallest absolute Gasteiger partial charge is 0.279 e. The monoisotopic (exact) mass is 431 g/mol. The maximum absolute atomic E-state index is 12.5. The number of nitrogens with one attached hydrogen (secondary N) is 3. The number of hydrogen-bond donors (Lipinski definition) is 3. The molecule has 1 fully saturated rings. The van der Waals surface area contributed by atoms with Crippen LogP contribution in [0.15, 0.2) is 42.5 Å². The van der Waals surface area contributed by atoms with Crippen molar-refractivity contribution in [3.63, 3.8) is 0 Å². The zero-order valence-corrected chi connectivity index (χ0v) is 18.5. The molecule has 8 nitrogen and oxygen atoms in total. The van der Waals surface area contributed by atoms with Crippen LogP contribution in [0.4, 0.5) is 5.69 Å². The van der Waals surface area contributed by atoms with Gasteiger partial charge in [-0.3, -0.25) is 4.79 Å². The fourth-order valence-corrected chi connectivity index (χ4v) is 3.72. The van der Waals surface area contributed by atoms with Crippen molar-refractivity contribution in [3.05, 3.63) is 42.5 Å². The zero-order valence-electron chi connectivity index (χ0n) is 18.5. The molecule has 0 spiro atoms. The van der Waals surface area contributed by atoms with Gasteiger partial charge in [0.05, 0.1) is 21.3 Å². The van der Waals surface area contributed by atoms with Gasteiger partial charge in [0.1, 0.15) is 50.8 Å². The van der Waals surface area contributed by atoms with Crippen molar-refractivity contribution in [2.75, 3.05) is 72.5 Å². The number of benzene rings is 2. The summed E-state index contributed by atoms with van der Waals surface area (Å²) >= 11 is 0. The second-order valence-corrected chi connectivity index (χ2v) is 7.57. The van der Waals surface area contributed by atoms with Crippen LogP contribution in [-0.2, 0) is 4.79 Å². The summed E-state index contributed by atoms with van der Waals surface area (Å²) in [6.45, 7) is 6.10. The van der Waals surface area contributed by atoms with E-state index in [-0.39, 0.29) is 5.91 Å². The molecule has 31 heavy (non-hydrogen) atoms. The number of hydrogen-bond acceptors (Lipinski definition) is 5. The zero-order chi connectivity index (χ0) is 22.1. The van der Waals surface area contributed by atoms with Gasteiger partial charge in [0, 0.05) is 11.8 Å². The van der Waals surface area contributed by atoms with Gasteiger partial charge in [0.25, 0.3) is 5.91 Å². The van der Waals surface area contributed by atoms with Crippen LogP contribution in [0.25, 0.3) is 0 Å². The minimum Gasteiger partial charge on any atom is -0.497 e. The molecule has 1 amide bonds. The summed E-state index contributed by atoms with van der Waals surface area (Å²) in [6.07, 6.45) is 0. The Balaban J connectivity index is 1.36. The molecule has 0 radical (unpaired) electrons. The van der Waals surface area contributed by atoms with Crippen LogP contribution in [-0.4, -0.2) is 73.1 Å². The van der Waals surface area contributed by atoms with E-state index in [2.05, 4.69) is 5.32 Å².